The van der Waals surface area contributed by atoms with Gasteiger partial charge in [0.25, 0.3) is 0 Å². The van der Waals surface area contributed by atoms with Gasteiger partial charge in [-0.25, -0.2) is 0 Å². The van der Waals surface area contributed by atoms with Crippen LogP contribution in [0.5, 0.6) is 0 Å². The van der Waals surface area contributed by atoms with Crippen molar-refractivity contribution in [1.29, 1.82) is 0 Å². The summed E-state index contributed by atoms with van der Waals surface area (Å²) >= 11 is 0. The molecule has 1 aliphatic rings. The van der Waals surface area contributed by atoms with E-state index in [0.29, 0.717) is 6.04 Å². The van der Waals surface area contributed by atoms with Gasteiger partial charge in [-0.2, -0.15) is 0 Å². The molecule has 2 rings (SSSR count). The molecule has 2 heteroatoms. The Labute approximate surface area is 111 Å². The summed E-state index contributed by atoms with van der Waals surface area (Å²) in [5.74, 6) is 0. The highest BCUT2D eigenvalue weighted by atomic mass is 15.2. The van der Waals surface area contributed by atoms with Crippen molar-refractivity contribution >= 4 is 5.69 Å². The topological polar surface area (TPSA) is 15.3 Å². The fraction of sp³-hybridized carbons (Fsp3) is 0.500. The number of nitrogens with one attached hydrogen (secondary N) is 1. The Bertz CT molecular complexity index is 379. The first kappa shape index (κ1) is 13.2. The van der Waals surface area contributed by atoms with Crippen molar-refractivity contribution in [2.24, 2.45) is 0 Å². The molecule has 0 heterocycles. The Morgan fingerprint density at radius 2 is 2.06 bits per heavy atom. The predicted molar refractivity (Wildman–Crippen MR) is 79.1 cm³/mol. The van der Waals surface area contributed by atoms with Gasteiger partial charge in [-0.3, -0.25) is 0 Å². The van der Waals surface area contributed by atoms with Crippen LogP contribution in [0.15, 0.2) is 36.9 Å². The van der Waals surface area contributed by atoms with Gasteiger partial charge < -0.3 is 10.2 Å². The molecular formula is C16H24N2. The molecule has 1 atom stereocenters. The first-order valence-electron chi connectivity index (χ1n) is 6.97. The smallest absolute Gasteiger partial charge is 0.0371 e. The number of anilines is 1. The van der Waals surface area contributed by atoms with Crippen molar-refractivity contribution in [2.45, 2.75) is 38.8 Å². The number of rotatable bonds is 7. The van der Waals surface area contributed by atoms with Crippen LogP contribution in [0.4, 0.5) is 5.69 Å². The monoisotopic (exact) mass is 244 g/mol. The summed E-state index contributed by atoms with van der Waals surface area (Å²) in [7, 11) is 0. The maximum Gasteiger partial charge on any atom is 0.0371 e. The van der Waals surface area contributed by atoms with Gasteiger partial charge in [-0.05, 0) is 44.0 Å². The molecular weight excluding hydrogens is 220 g/mol. The standard InChI is InChI=1S/C16H24N2/c1-4-12-18(16-10-11-16)15-8-6-14(7-9-15)13(3)17-5-2/h4,6-9,13,16-17H,1,5,10-12H2,2-3H3. The van der Waals surface area contributed by atoms with Crippen LogP contribution in [0.3, 0.4) is 0 Å². The van der Waals surface area contributed by atoms with Gasteiger partial charge in [0.1, 0.15) is 0 Å². The SMILES string of the molecule is C=CCN(c1ccc(C(C)NCC)cc1)C1CC1. The van der Waals surface area contributed by atoms with Crippen molar-refractivity contribution in [2.75, 3.05) is 18.0 Å². The summed E-state index contributed by atoms with van der Waals surface area (Å²) in [6.45, 7) is 10.2. The van der Waals surface area contributed by atoms with E-state index in [-0.39, 0.29) is 0 Å². The molecule has 1 aromatic carbocycles. The summed E-state index contributed by atoms with van der Waals surface area (Å²) in [6, 6.07) is 10.1. The third kappa shape index (κ3) is 3.14. The molecule has 1 aliphatic carbocycles. The van der Waals surface area contributed by atoms with Gasteiger partial charge in [0.05, 0.1) is 0 Å². The molecule has 0 amide bonds. The van der Waals surface area contributed by atoms with Gasteiger partial charge in [0.15, 0.2) is 0 Å². The maximum absolute atomic E-state index is 3.85. The molecule has 0 saturated heterocycles. The summed E-state index contributed by atoms with van der Waals surface area (Å²) in [5.41, 5.74) is 2.68. The van der Waals surface area contributed by atoms with Crippen LogP contribution in [0.2, 0.25) is 0 Å². The number of hydrogen-bond donors (Lipinski definition) is 1. The lowest BCUT2D eigenvalue weighted by atomic mass is 10.1. The van der Waals surface area contributed by atoms with Crippen molar-refractivity contribution in [1.82, 2.24) is 5.32 Å². The molecule has 1 saturated carbocycles. The molecule has 98 valence electrons. The molecule has 18 heavy (non-hydrogen) atoms. The van der Waals surface area contributed by atoms with E-state index in [0.717, 1.165) is 19.1 Å². The van der Waals surface area contributed by atoms with Gasteiger partial charge in [-0.15, -0.1) is 6.58 Å². The Hall–Kier alpha value is -1.28. The number of benzene rings is 1. The van der Waals surface area contributed by atoms with E-state index in [9.17, 15) is 0 Å². The third-order valence-electron chi connectivity index (χ3n) is 3.55. The van der Waals surface area contributed by atoms with Gasteiger partial charge >= 0.3 is 0 Å². The van der Waals surface area contributed by atoms with E-state index in [1.807, 2.05) is 6.08 Å². The van der Waals surface area contributed by atoms with E-state index in [1.54, 1.807) is 0 Å². The van der Waals surface area contributed by atoms with E-state index < -0.39 is 0 Å². The maximum atomic E-state index is 3.85. The summed E-state index contributed by atoms with van der Waals surface area (Å²) in [5, 5.41) is 3.44. The fourth-order valence-corrected chi connectivity index (χ4v) is 2.37. The third-order valence-corrected chi connectivity index (χ3v) is 3.55. The lowest BCUT2D eigenvalue weighted by Gasteiger charge is -2.23. The lowest BCUT2D eigenvalue weighted by molar-refractivity contribution is 0.598. The Kier molecular flexibility index (Phi) is 4.43. The number of nitrogens with zero attached hydrogens (tertiary/aromatic N) is 1. The van der Waals surface area contributed by atoms with Gasteiger partial charge in [-0.1, -0.05) is 25.1 Å². The molecule has 0 radical (unpaired) electrons. The van der Waals surface area contributed by atoms with Crippen LogP contribution < -0.4 is 10.2 Å². The molecule has 1 fully saturated rings. The molecule has 1 aromatic rings. The molecule has 0 aromatic heterocycles. The van der Waals surface area contributed by atoms with E-state index in [4.69, 9.17) is 0 Å². The quantitative estimate of drug-likeness (QED) is 0.738. The number of hydrogen-bond acceptors (Lipinski definition) is 2. The zero-order valence-corrected chi connectivity index (χ0v) is 11.5. The molecule has 0 bridgehead atoms. The second-order valence-corrected chi connectivity index (χ2v) is 5.04. The van der Waals surface area contributed by atoms with Crippen molar-refractivity contribution in [3.05, 3.63) is 42.5 Å². The minimum atomic E-state index is 0.429. The molecule has 2 nitrogen and oxygen atoms in total. The average molecular weight is 244 g/mol. The predicted octanol–water partition coefficient (Wildman–Crippen LogP) is 3.51. The zero-order chi connectivity index (χ0) is 13.0. The van der Waals surface area contributed by atoms with Gasteiger partial charge in [0.2, 0.25) is 0 Å². The van der Waals surface area contributed by atoms with Crippen LogP contribution in [-0.4, -0.2) is 19.1 Å². The normalized spacial score (nSPS) is 16.3. The molecule has 1 unspecified atom stereocenters. The first-order chi connectivity index (χ1) is 8.76. The van der Waals surface area contributed by atoms with Crippen LogP contribution in [0.25, 0.3) is 0 Å². The second kappa shape index (κ2) is 6.05. The average Bonchev–Trinajstić information content (AvgIpc) is 3.21. The van der Waals surface area contributed by atoms with E-state index in [2.05, 4.69) is 54.9 Å². The van der Waals surface area contributed by atoms with Crippen molar-refractivity contribution < 1.29 is 0 Å². The molecule has 0 aliphatic heterocycles. The van der Waals surface area contributed by atoms with E-state index >= 15 is 0 Å². The van der Waals surface area contributed by atoms with Crippen LogP contribution >= 0.6 is 0 Å². The van der Waals surface area contributed by atoms with E-state index in [1.165, 1.54) is 24.1 Å². The molecule has 1 N–H and O–H groups in total. The van der Waals surface area contributed by atoms with Crippen LogP contribution in [0.1, 0.15) is 38.3 Å². The minimum absolute atomic E-state index is 0.429. The highest BCUT2D eigenvalue weighted by Crippen LogP contribution is 2.32. The molecule has 0 spiro atoms. The van der Waals surface area contributed by atoms with Crippen molar-refractivity contribution in [3.63, 3.8) is 0 Å². The fourth-order valence-electron chi connectivity index (χ4n) is 2.37. The highest BCUT2D eigenvalue weighted by Gasteiger charge is 2.28. The zero-order valence-electron chi connectivity index (χ0n) is 11.5. The minimum Gasteiger partial charge on any atom is -0.365 e. The Morgan fingerprint density at radius 3 is 2.56 bits per heavy atom. The van der Waals surface area contributed by atoms with Crippen molar-refractivity contribution in [3.8, 4) is 0 Å². The Morgan fingerprint density at radius 1 is 1.39 bits per heavy atom. The summed E-state index contributed by atoms with van der Waals surface area (Å²) < 4.78 is 0. The van der Waals surface area contributed by atoms with Gasteiger partial charge in [0, 0.05) is 24.3 Å². The van der Waals surface area contributed by atoms with Crippen LogP contribution in [0, 0.1) is 0 Å². The highest BCUT2D eigenvalue weighted by molar-refractivity contribution is 5.50. The summed E-state index contributed by atoms with van der Waals surface area (Å²) in [6.07, 6.45) is 4.64. The first-order valence-corrected chi connectivity index (χ1v) is 6.97. The largest absolute Gasteiger partial charge is 0.365 e. The summed E-state index contributed by atoms with van der Waals surface area (Å²) in [4.78, 5) is 2.45. The second-order valence-electron chi connectivity index (χ2n) is 5.04. The lowest BCUT2D eigenvalue weighted by Crippen LogP contribution is -2.25. The van der Waals surface area contributed by atoms with Crippen LogP contribution in [-0.2, 0) is 0 Å². The Balaban J connectivity index is 2.07.